The summed E-state index contributed by atoms with van der Waals surface area (Å²) in [7, 11) is 1.48. The minimum atomic E-state index is -4.53. The van der Waals surface area contributed by atoms with E-state index in [0.717, 1.165) is 34.7 Å². The summed E-state index contributed by atoms with van der Waals surface area (Å²) in [6, 6.07) is 17.8. The first-order valence-electron chi connectivity index (χ1n) is 9.98. The van der Waals surface area contributed by atoms with Crippen molar-refractivity contribution in [2.24, 2.45) is 0 Å². The van der Waals surface area contributed by atoms with Gasteiger partial charge in [0.05, 0.1) is 29.6 Å². The van der Waals surface area contributed by atoms with Crippen molar-refractivity contribution in [3.63, 3.8) is 0 Å². The number of hydrogen-bond acceptors (Lipinski definition) is 4. The summed E-state index contributed by atoms with van der Waals surface area (Å²) in [6.07, 6.45) is -4.53. The zero-order valence-electron chi connectivity index (χ0n) is 17.7. The maximum atomic E-state index is 13.4. The number of ether oxygens (including phenoxy) is 1. The van der Waals surface area contributed by atoms with Crippen LogP contribution in [0.4, 0.5) is 24.5 Å². The van der Waals surface area contributed by atoms with Gasteiger partial charge in [-0.2, -0.15) is 13.2 Å². The number of anilines is 2. The fourth-order valence-electron chi connectivity index (χ4n) is 3.55. The summed E-state index contributed by atoms with van der Waals surface area (Å²) in [5.41, 5.74) is 1.23. The number of amides is 2. The summed E-state index contributed by atoms with van der Waals surface area (Å²) >= 11 is 0. The van der Waals surface area contributed by atoms with Crippen molar-refractivity contribution >= 4 is 28.8 Å². The van der Waals surface area contributed by atoms with E-state index in [9.17, 15) is 22.8 Å². The predicted octanol–water partition coefficient (Wildman–Crippen LogP) is 5.42. The van der Waals surface area contributed by atoms with Crippen LogP contribution in [-0.2, 0) is 15.8 Å². The lowest BCUT2D eigenvalue weighted by Gasteiger charge is -2.17. The zero-order valence-corrected chi connectivity index (χ0v) is 17.7. The summed E-state index contributed by atoms with van der Waals surface area (Å²) in [5, 5.41) is 3.00. The van der Waals surface area contributed by atoms with E-state index in [-0.39, 0.29) is 17.0 Å². The molecule has 1 aliphatic rings. The fraction of sp³-hybridized carbons (Fsp3) is 0.120. The van der Waals surface area contributed by atoms with E-state index in [0.29, 0.717) is 17.0 Å². The van der Waals surface area contributed by atoms with Crippen molar-refractivity contribution in [1.82, 2.24) is 0 Å². The summed E-state index contributed by atoms with van der Waals surface area (Å²) in [4.78, 5) is 27.6. The maximum Gasteiger partial charge on any atom is 0.416 e. The van der Waals surface area contributed by atoms with E-state index in [1.165, 1.54) is 7.11 Å². The van der Waals surface area contributed by atoms with Crippen LogP contribution in [0.2, 0.25) is 0 Å². The minimum absolute atomic E-state index is 0.00764. The molecule has 0 unspecified atom stereocenters. The van der Waals surface area contributed by atoms with Gasteiger partial charge in [0.25, 0.3) is 11.8 Å². The Balaban J connectivity index is 1.80. The third kappa shape index (κ3) is 4.19. The van der Waals surface area contributed by atoms with Crippen molar-refractivity contribution < 1.29 is 27.5 Å². The Morgan fingerprint density at radius 3 is 2.09 bits per heavy atom. The first kappa shape index (κ1) is 22.1. The Morgan fingerprint density at radius 1 is 0.848 bits per heavy atom. The second-order valence-electron chi connectivity index (χ2n) is 7.43. The molecule has 0 fully saturated rings. The molecule has 3 aromatic rings. The SMILES string of the molecule is COc1ccccc1NC1=C(c2ccc(C)cc2)C(=O)N(c2ccc(C(F)(F)F)cc2)C1=O. The molecule has 0 saturated carbocycles. The molecule has 0 radical (unpaired) electrons. The highest BCUT2D eigenvalue weighted by Crippen LogP contribution is 2.37. The molecular weight excluding hydrogens is 433 g/mol. The highest BCUT2D eigenvalue weighted by molar-refractivity contribution is 6.46. The van der Waals surface area contributed by atoms with Gasteiger partial charge in [-0.15, -0.1) is 0 Å². The molecule has 0 bridgehead atoms. The van der Waals surface area contributed by atoms with Crippen molar-refractivity contribution in [2.45, 2.75) is 13.1 Å². The molecule has 0 aromatic heterocycles. The lowest BCUT2D eigenvalue weighted by molar-refractivity contribution is -0.137. The largest absolute Gasteiger partial charge is 0.495 e. The fourth-order valence-corrected chi connectivity index (χ4v) is 3.55. The Hall–Kier alpha value is -4.07. The molecule has 8 heteroatoms. The molecule has 0 aliphatic carbocycles. The monoisotopic (exact) mass is 452 g/mol. The van der Waals surface area contributed by atoms with Crippen molar-refractivity contribution in [1.29, 1.82) is 0 Å². The van der Waals surface area contributed by atoms with Gasteiger partial charge in [0, 0.05) is 0 Å². The number of carbonyl (C=O) groups is 2. The number of benzene rings is 3. The second kappa shape index (κ2) is 8.46. The van der Waals surface area contributed by atoms with Gasteiger partial charge in [-0.1, -0.05) is 42.0 Å². The molecule has 1 heterocycles. The molecule has 0 saturated heterocycles. The van der Waals surface area contributed by atoms with Crippen LogP contribution in [0.15, 0.2) is 78.5 Å². The molecule has 1 N–H and O–H groups in total. The van der Waals surface area contributed by atoms with Gasteiger partial charge in [0.2, 0.25) is 0 Å². The number of nitrogens with one attached hydrogen (secondary N) is 1. The lowest BCUT2D eigenvalue weighted by atomic mass is 10.0. The maximum absolute atomic E-state index is 13.4. The Morgan fingerprint density at radius 2 is 1.48 bits per heavy atom. The Labute approximate surface area is 188 Å². The molecular formula is C25H19F3N2O3. The van der Waals surface area contributed by atoms with Crippen LogP contribution in [0.1, 0.15) is 16.7 Å². The average Bonchev–Trinajstić information content (AvgIpc) is 3.03. The zero-order chi connectivity index (χ0) is 23.8. The number of aryl methyl sites for hydroxylation is 1. The third-order valence-corrected chi connectivity index (χ3v) is 5.24. The number of hydrogen-bond donors (Lipinski definition) is 1. The number of nitrogens with zero attached hydrogens (tertiary/aromatic N) is 1. The number of alkyl halides is 3. The molecule has 0 atom stereocenters. The summed E-state index contributed by atoms with van der Waals surface area (Å²) in [6.45, 7) is 1.89. The van der Waals surface area contributed by atoms with E-state index in [2.05, 4.69) is 5.32 Å². The van der Waals surface area contributed by atoms with Gasteiger partial charge in [-0.05, 0) is 48.9 Å². The molecule has 1 aliphatic heterocycles. The molecule has 3 aromatic carbocycles. The third-order valence-electron chi connectivity index (χ3n) is 5.24. The van der Waals surface area contributed by atoms with E-state index in [1.54, 1.807) is 36.4 Å². The van der Waals surface area contributed by atoms with Crippen LogP contribution in [0, 0.1) is 6.92 Å². The van der Waals surface area contributed by atoms with Crippen LogP contribution < -0.4 is 15.0 Å². The van der Waals surface area contributed by atoms with Gasteiger partial charge in [-0.3, -0.25) is 9.59 Å². The van der Waals surface area contributed by atoms with Gasteiger partial charge in [-0.25, -0.2) is 4.90 Å². The van der Waals surface area contributed by atoms with E-state index in [4.69, 9.17) is 4.74 Å². The van der Waals surface area contributed by atoms with Crippen LogP contribution in [0.25, 0.3) is 5.57 Å². The van der Waals surface area contributed by atoms with E-state index in [1.807, 2.05) is 19.1 Å². The van der Waals surface area contributed by atoms with Crippen LogP contribution >= 0.6 is 0 Å². The molecule has 33 heavy (non-hydrogen) atoms. The molecule has 168 valence electrons. The highest BCUT2D eigenvalue weighted by atomic mass is 19.4. The Bertz CT molecular complexity index is 1250. The van der Waals surface area contributed by atoms with Crippen LogP contribution in [-0.4, -0.2) is 18.9 Å². The summed E-state index contributed by atoms with van der Waals surface area (Å²) < 4.78 is 44.2. The van der Waals surface area contributed by atoms with Gasteiger partial charge >= 0.3 is 6.18 Å². The smallest absolute Gasteiger partial charge is 0.416 e. The van der Waals surface area contributed by atoms with Crippen molar-refractivity contribution in [3.05, 3.63) is 95.2 Å². The molecule has 4 rings (SSSR count). The molecule has 0 spiro atoms. The predicted molar refractivity (Wildman–Crippen MR) is 119 cm³/mol. The first-order valence-corrected chi connectivity index (χ1v) is 9.98. The van der Waals surface area contributed by atoms with Crippen molar-refractivity contribution in [2.75, 3.05) is 17.3 Å². The van der Waals surface area contributed by atoms with E-state index < -0.39 is 23.6 Å². The van der Waals surface area contributed by atoms with Crippen molar-refractivity contribution in [3.8, 4) is 5.75 Å². The number of para-hydroxylation sites is 2. The second-order valence-corrected chi connectivity index (χ2v) is 7.43. The standard InChI is InChI=1S/C25H19F3N2O3/c1-15-7-9-16(10-8-15)21-22(29-19-5-3-4-6-20(19)33-2)24(32)30(23(21)31)18-13-11-17(12-14-18)25(26,27)28/h3-14,29H,1-2H3. The molecule has 5 nitrogen and oxygen atoms in total. The normalized spacial score (nSPS) is 14.2. The minimum Gasteiger partial charge on any atom is -0.495 e. The number of rotatable bonds is 5. The lowest BCUT2D eigenvalue weighted by Crippen LogP contribution is -2.32. The number of methoxy groups -OCH3 is 1. The molecule has 2 amide bonds. The van der Waals surface area contributed by atoms with Crippen LogP contribution in [0.5, 0.6) is 5.75 Å². The number of carbonyl (C=O) groups excluding carboxylic acids is 2. The average molecular weight is 452 g/mol. The topological polar surface area (TPSA) is 58.6 Å². The summed E-state index contributed by atoms with van der Waals surface area (Å²) in [5.74, 6) is -0.858. The van der Waals surface area contributed by atoms with Gasteiger partial charge in [0.1, 0.15) is 11.4 Å². The quantitative estimate of drug-likeness (QED) is 0.526. The first-order chi connectivity index (χ1) is 15.7. The number of halogens is 3. The van der Waals surface area contributed by atoms with Gasteiger partial charge in [0.15, 0.2) is 0 Å². The van der Waals surface area contributed by atoms with E-state index >= 15 is 0 Å². The van der Waals surface area contributed by atoms with Crippen LogP contribution in [0.3, 0.4) is 0 Å². The Kier molecular flexibility index (Phi) is 5.68. The number of imide groups is 1. The highest BCUT2D eigenvalue weighted by Gasteiger charge is 2.41. The van der Waals surface area contributed by atoms with Gasteiger partial charge < -0.3 is 10.1 Å².